The van der Waals surface area contributed by atoms with E-state index >= 15 is 0 Å². The first-order valence-electron chi connectivity index (χ1n) is 6.53. The second kappa shape index (κ2) is 4.95. The molecular weight excluding hydrogens is 260 g/mol. The van der Waals surface area contributed by atoms with Crippen LogP contribution < -0.4 is 5.84 Å². The maximum Gasteiger partial charge on any atom is 0.148 e. The minimum absolute atomic E-state index is 0.152. The molecular formula is C15H25ClN2O. The van der Waals surface area contributed by atoms with Gasteiger partial charge in [0.05, 0.1) is 16.8 Å². The highest BCUT2D eigenvalue weighted by Crippen LogP contribution is 2.44. The number of hydrogen-bond donors (Lipinski definition) is 1. The van der Waals surface area contributed by atoms with Crippen LogP contribution in [0.15, 0.2) is 21.9 Å². The number of carbonyl (C=O) groups excluding carboxylic acids is 1. The quantitative estimate of drug-likeness (QED) is 0.591. The van der Waals surface area contributed by atoms with Gasteiger partial charge in [0.15, 0.2) is 0 Å². The Bertz CT molecular complexity index is 450. The number of nitrogens with zero attached hydrogens (tertiary/aromatic N) is 1. The number of rotatable bonds is 1. The van der Waals surface area contributed by atoms with Gasteiger partial charge >= 0.3 is 0 Å². The van der Waals surface area contributed by atoms with E-state index in [1.165, 1.54) is 0 Å². The van der Waals surface area contributed by atoms with Crippen molar-refractivity contribution in [1.29, 1.82) is 0 Å². The summed E-state index contributed by atoms with van der Waals surface area (Å²) in [6, 6.07) is -0.165. The van der Waals surface area contributed by atoms with E-state index in [0.29, 0.717) is 10.6 Å². The van der Waals surface area contributed by atoms with Crippen LogP contribution in [0.3, 0.4) is 0 Å². The van der Waals surface area contributed by atoms with E-state index in [-0.39, 0.29) is 16.9 Å². The predicted octanol–water partition coefficient (Wildman–Crippen LogP) is 3.60. The second-order valence-corrected chi connectivity index (χ2v) is 7.66. The van der Waals surface area contributed by atoms with Crippen molar-refractivity contribution in [3.05, 3.63) is 21.9 Å². The predicted molar refractivity (Wildman–Crippen MR) is 80.4 cm³/mol. The molecule has 3 nitrogen and oxygen atoms in total. The lowest BCUT2D eigenvalue weighted by molar-refractivity contribution is -0.106. The highest BCUT2D eigenvalue weighted by atomic mass is 35.5. The lowest BCUT2D eigenvalue weighted by Crippen LogP contribution is -2.53. The van der Waals surface area contributed by atoms with Crippen LogP contribution in [0.5, 0.6) is 0 Å². The standard InChI is InChI=1S/C15H25ClN2O/c1-9-10(8-19)12(14(2,3)4)18(17)13(11(9)16)15(5,6)7/h8,12H,17H2,1-7H3. The third-order valence-corrected chi connectivity index (χ3v) is 3.92. The van der Waals surface area contributed by atoms with E-state index in [1.54, 1.807) is 5.01 Å². The molecule has 1 aliphatic rings. The lowest BCUT2D eigenvalue weighted by atomic mass is 9.76. The second-order valence-electron chi connectivity index (χ2n) is 7.29. The molecule has 0 saturated carbocycles. The summed E-state index contributed by atoms with van der Waals surface area (Å²) < 4.78 is 0. The summed E-state index contributed by atoms with van der Waals surface area (Å²) in [5.74, 6) is 6.31. The lowest BCUT2D eigenvalue weighted by Gasteiger charge is -2.47. The van der Waals surface area contributed by atoms with Gasteiger partial charge in [0.1, 0.15) is 6.29 Å². The number of hydrogen-bond acceptors (Lipinski definition) is 3. The molecule has 108 valence electrons. The van der Waals surface area contributed by atoms with Crippen LogP contribution in [0.25, 0.3) is 0 Å². The van der Waals surface area contributed by atoms with Crippen LogP contribution in [0, 0.1) is 10.8 Å². The molecule has 0 aromatic rings. The normalized spacial score (nSPS) is 22.2. The van der Waals surface area contributed by atoms with Crippen molar-refractivity contribution in [3.8, 4) is 0 Å². The van der Waals surface area contributed by atoms with E-state index in [2.05, 4.69) is 41.5 Å². The fraction of sp³-hybridized carbons (Fsp3) is 0.667. The van der Waals surface area contributed by atoms with Gasteiger partial charge in [-0.3, -0.25) is 4.79 Å². The van der Waals surface area contributed by atoms with Crippen LogP contribution >= 0.6 is 11.6 Å². The van der Waals surface area contributed by atoms with Crippen molar-refractivity contribution < 1.29 is 4.79 Å². The molecule has 0 aliphatic carbocycles. The fourth-order valence-electron chi connectivity index (χ4n) is 2.65. The Morgan fingerprint density at radius 3 is 2.00 bits per heavy atom. The van der Waals surface area contributed by atoms with E-state index in [9.17, 15) is 4.79 Å². The first-order valence-corrected chi connectivity index (χ1v) is 6.91. The number of nitrogens with two attached hydrogens (primary N) is 1. The Labute approximate surface area is 121 Å². The Morgan fingerprint density at radius 1 is 1.21 bits per heavy atom. The summed E-state index contributed by atoms with van der Waals surface area (Å²) in [6.45, 7) is 14.3. The highest BCUT2D eigenvalue weighted by molar-refractivity contribution is 6.32. The van der Waals surface area contributed by atoms with Gasteiger partial charge in [0, 0.05) is 11.0 Å². The molecule has 0 radical (unpaired) electrons. The molecule has 0 bridgehead atoms. The maximum absolute atomic E-state index is 11.5. The first kappa shape index (κ1) is 16.3. The van der Waals surface area contributed by atoms with Gasteiger partial charge in [-0.15, -0.1) is 0 Å². The van der Waals surface area contributed by atoms with Crippen molar-refractivity contribution in [1.82, 2.24) is 5.01 Å². The van der Waals surface area contributed by atoms with E-state index < -0.39 is 0 Å². The number of aldehydes is 1. The number of carbonyl (C=O) groups is 1. The number of hydrazine groups is 1. The SMILES string of the molecule is CC1=C(C=O)C(C(C)(C)C)N(N)C(C(C)(C)C)=C1Cl. The maximum atomic E-state index is 11.5. The van der Waals surface area contributed by atoms with Gasteiger partial charge in [-0.1, -0.05) is 53.1 Å². The van der Waals surface area contributed by atoms with Gasteiger partial charge in [-0.05, 0) is 17.9 Å². The number of allylic oxidation sites excluding steroid dienone is 3. The van der Waals surface area contributed by atoms with E-state index in [0.717, 1.165) is 17.6 Å². The van der Waals surface area contributed by atoms with Crippen molar-refractivity contribution in [3.63, 3.8) is 0 Å². The molecule has 0 saturated heterocycles. The molecule has 2 N–H and O–H groups in total. The van der Waals surface area contributed by atoms with Crippen molar-refractivity contribution in [2.45, 2.75) is 54.5 Å². The Hall–Kier alpha value is -0.800. The molecule has 0 aromatic carbocycles. The van der Waals surface area contributed by atoms with Crippen molar-refractivity contribution in [2.75, 3.05) is 0 Å². The summed E-state index contributed by atoms with van der Waals surface area (Å²) in [6.07, 6.45) is 0.882. The zero-order chi connectivity index (χ0) is 15.2. The van der Waals surface area contributed by atoms with Gasteiger partial charge in [-0.25, -0.2) is 5.84 Å². The molecule has 19 heavy (non-hydrogen) atoms. The van der Waals surface area contributed by atoms with Crippen LogP contribution in [0.1, 0.15) is 48.5 Å². The molecule has 1 heterocycles. The van der Waals surface area contributed by atoms with E-state index in [4.69, 9.17) is 17.4 Å². The van der Waals surface area contributed by atoms with E-state index in [1.807, 2.05) is 6.92 Å². The minimum atomic E-state index is -0.176. The molecule has 1 atom stereocenters. The average molecular weight is 285 g/mol. The summed E-state index contributed by atoms with van der Waals surface area (Å²) in [5.41, 5.74) is 2.07. The molecule has 1 aliphatic heterocycles. The molecule has 0 aromatic heterocycles. The topological polar surface area (TPSA) is 46.3 Å². The highest BCUT2D eigenvalue weighted by Gasteiger charge is 2.41. The molecule has 0 spiro atoms. The van der Waals surface area contributed by atoms with Gasteiger partial charge in [-0.2, -0.15) is 0 Å². The van der Waals surface area contributed by atoms with Crippen LogP contribution in [-0.4, -0.2) is 17.3 Å². The van der Waals surface area contributed by atoms with Crippen LogP contribution in [0.2, 0.25) is 0 Å². The number of halogens is 1. The zero-order valence-corrected chi connectivity index (χ0v) is 13.7. The van der Waals surface area contributed by atoms with Crippen LogP contribution in [-0.2, 0) is 4.79 Å². The molecule has 1 unspecified atom stereocenters. The average Bonchev–Trinajstić information content (AvgIpc) is 2.19. The molecule has 0 amide bonds. The van der Waals surface area contributed by atoms with Gasteiger partial charge in [0.25, 0.3) is 0 Å². The summed E-state index contributed by atoms with van der Waals surface area (Å²) >= 11 is 6.44. The zero-order valence-electron chi connectivity index (χ0n) is 13.0. The summed E-state index contributed by atoms with van der Waals surface area (Å²) in [7, 11) is 0. The smallest absolute Gasteiger partial charge is 0.148 e. The first-order chi connectivity index (χ1) is 8.42. The van der Waals surface area contributed by atoms with Crippen LogP contribution in [0.4, 0.5) is 0 Å². The fourth-order valence-corrected chi connectivity index (χ4v) is 3.14. The molecule has 4 heteroatoms. The van der Waals surface area contributed by atoms with Crippen molar-refractivity contribution in [2.24, 2.45) is 16.7 Å². The Balaban J connectivity index is 3.57. The summed E-state index contributed by atoms with van der Waals surface area (Å²) in [5, 5.41) is 2.27. The summed E-state index contributed by atoms with van der Waals surface area (Å²) in [4.78, 5) is 11.5. The van der Waals surface area contributed by atoms with Crippen molar-refractivity contribution >= 4 is 17.9 Å². The largest absolute Gasteiger partial charge is 0.305 e. The molecule has 1 rings (SSSR count). The minimum Gasteiger partial charge on any atom is -0.305 e. The third kappa shape index (κ3) is 2.87. The third-order valence-electron chi connectivity index (χ3n) is 3.46. The Morgan fingerprint density at radius 2 is 1.68 bits per heavy atom. The Kier molecular flexibility index (Phi) is 4.23. The molecule has 0 fully saturated rings. The monoisotopic (exact) mass is 284 g/mol. The van der Waals surface area contributed by atoms with Gasteiger partial charge < -0.3 is 5.01 Å². The van der Waals surface area contributed by atoms with Gasteiger partial charge in [0.2, 0.25) is 0 Å².